The number of hydrogen-bond acceptors (Lipinski definition) is 2. The minimum Gasteiger partial charge on any atom is -0.307 e. The molecule has 4 heteroatoms. The first kappa shape index (κ1) is 25.1. The molecule has 0 bridgehead atoms. The summed E-state index contributed by atoms with van der Waals surface area (Å²) in [6, 6.07) is 55.9. The van der Waals surface area contributed by atoms with Gasteiger partial charge in [-0.05, 0) is 53.2 Å². The van der Waals surface area contributed by atoms with Crippen LogP contribution in [0.4, 0.5) is 0 Å². The smallest absolute Gasteiger partial charge is 0.165 e. The first-order valence-electron chi connectivity index (χ1n) is 15.6. The molecular weight excluding hydrogens is 560 g/mol. The summed E-state index contributed by atoms with van der Waals surface area (Å²) < 4.78 is 4.77. The van der Waals surface area contributed by atoms with E-state index in [1.54, 1.807) is 0 Å². The molecule has 46 heavy (non-hydrogen) atoms. The fraction of sp³-hybridized carbons (Fsp3) is 0. The molecule has 3 aromatic heterocycles. The maximum absolute atomic E-state index is 5.43. The van der Waals surface area contributed by atoms with E-state index in [9.17, 15) is 0 Å². The molecule has 3 heterocycles. The highest BCUT2D eigenvalue weighted by Crippen LogP contribution is 2.42. The van der Waals surface area contributed by atoms with Crippen molar-refractivity contribution in [3.63, 3.8) is 0 Å². The van der Waals surface area contributed by atoms with Crippen LogP contribution in [0.2, 0.25) is 0 Å². The predicted molar refractivity (Wildman–Crippen MR) is 191 cm³/mol. The lowest BCUT2D eigenvalue weighted by Gasteiger charge is -2.15. The van der Waals surface area contributed by atoms with E-state index in [0.29, 0.717) is 0 Å². The van der Waals surface area contributed by atoms with Gasteiger partial charge in [0.15, 0.2) is 5.82 Å². The van der Waals surface area contributed by atoms with E-state index < -0.39 is 0 Å². The van der Waals surface area contributed by atoms with Crippen LogP contribution in [0.15, 0.2) is 158 Å². The molecule has 0 aliphatic rings. The van der Waals surface area contributed by atoms with Gasteiger partial charge >= 0.3 is 0 Å². The highest BCUT2D eigenvalue weighted by molar-refractivity contribution is 6.24. The lowest BCUT2D eigenvalue weighted by molar-refractivity contribution is 1.08. The predicted octanol–water partition coefficient (Wildman–Crippen LogP) is 10.6. The quantitative estimate of drug-likeness (QED) is 0.206. The molecule has 10 rings (SSSR count). The molecule has 0 aliphatic carbocycles. The Morgan fingerprint density at radius 3 is 1.70 bits per heavy atom. The van der Waals surface area contributed by atoms with Crippen molar-refractivity contribution in [3.8, 4) is 22.8 Å². The Morgan fingerprint density at radius 1 is 0.391 bits per heavy atom. The van der Waals surface area contributed by atoms with Gasteiger partial charge < -0.3 is 4.57 Å². The number of benzene rings is 7. The third kappa shape index (κ3) is 3.55. The zero-order valence-electron chi connectivity index (χ0n) is 24.8. The second-order valence-corrected chi connectivity index (χ2v) is 11.8. The zero-order chi connectivity index (χ0) is 30.2. The van der Waals surface area contributed by atoms with Gasteiger partial charge in [-0.1, -0.05) is 115 Å². The number of rotatable bonds is 3. The van der Waals surface area contributed by atoms with Crippen LogP contribution in [0, 0.1) is 0 Å². The molecule has 10 aromatic rings. The van der Waals surface area contributed by atoms with Gasteiger partial charge in [-0.2, -0.15) is 0 Å². The van der Waals surface area contributed by atoms with Crippen molar-refractivity contribution in [2.24, 2.45) is 0 Å². The van der Waals surface area contributed by atoms with Crippen molar-refractivity contribution >= 4 is 65.4 Å². The largest absolute Gasteiger partial charge is 0.307 e. The van der Waals surface area contributed by atoms with Gasteiger partial charge in [0.25, 0.3) is 0 Å². The Balaban J connectivity index is 1.43. The first-order chi connectivity index (χ1) is 22.8. The Labute approximate surface area is 264 Å². The van der Waals surface area contributed by atoms with E-state index >= 15 is 0 Å². The van der Waals surface area contributed by atoms with Crippen LogP contribution in [-0.2, 0) is 0 Å². The monoisotopic (exact) mass is 586 g/mol. The van der Waals surface area contributed by atoms with Gasteiger partial charge in [0, 0.05) is 32.8 Å². The average Bonchev–Trinajstić information content (AvgIpc) is 3.64. The van der Waals surface area contributed by atoms with Crippen LogP contribution in [0.1, 0.15) is 0 Å². The van der Waals surface area contributed by atoms with Crippen LogP contribution < -0.4 is 0 Å². The van der Waals surface area contributed by atoms with E-state index in [1.165, 1.54) is 37.8 Å². The van der Waals surface area contributed by atoms with E-state index in [0.717, 1.165) is 50.3 Å². The fourth-order valence-electron chi connectivity index (χ4n) is 7.24. The molecule has 0 spiro atoms. The standard InChI is InChI=1S/C42H26N4/c1-2-14-30(15-3-1)45-37-20-10-6-16-31(37)33-24-25-34-32-17-7-11-21-38(32)46(41(34)40(33)45)42-39(43-35-18-8-9-19-36(35)44-42)29-23-22-27-12-4-5-13-28(27)26-29/h1-26H. The topological polar surface area (TPSA) is 35.6 Å². The lowest BCUT2D eigenvalue weighted by Crippen LogP contribution is -2.05. The fourth-order valence-corrected chi connectivity index (χ4v) is 7.24. The highest BCUT2D eigenvalue weighted by Gasteiger charge is 2.24. The maximum Gasteiger partial charge on any atom is 0.165 e. The van der Waals surface area contributed by atoms with Crippen molar-refractivity contribution in [1.82, 2.24) is 19.1 Å². The van der Waals surface area contributed by atoms with E-state index in [-0.39, 0.29) is 0 Å². The zero-order valence-corrected chi connectivity index (χ0v) is 24.8. The van der Waals surface area contributed by atoms with Gasteiger partial charge in [0.1, 0.15) is 5.69 Å². The van der Waals surface area contributed by atoms with Crippen LogP contribution in [0.5, 0.6) is 0 Å². The van der Waals surface area contributed by atoms with Crippen LogP contribution in [0.25, 0.3) is 88.2 Å². The highest BCUT2D eigenvalue weighted by atomic mass is 15.1. The summed E-state index contributed by atoms with van der Waals surface area (Å²) in [5, 5.41) is 7.17. The number of hydrogen-bond donors (Lipinski definition) is 0. The molecule has 214 valence electrons. The minimum absolute atomic E-state index is 0.817. The van der Waals surface area contributed by atoms with Crippen LogP contribution in [-0.4, -0.2) is 19.1 Å². The molecular formula is C42H26N4. The Hall–Kier alpha value is -6.26. The van der Waals surface area contributed by atoms with Gasteiger partial charge in [-0.15, -0.1) is 0 Å². The molecule has 0 radical (unpaired) electrons. The summed E-state index contributed by atoms with van der Waals surface area (Å²) in [6.45, 7) is 0. The molecule has 0 aliphatic heterocycles. The molecule has 7 aromatic carbocycles. The second kappa shape index (κ2) is 9.62. The molecule has 0 unspecified atom stereocenters. The van der Waals surface area contributed by atoms with Gasteiger partial charge in [0.2, 0.25) is 0 Å². The van der Waals surface area contributed by atoms with Crippen LogP contribution in [0.3, 0.4) is 0 Å². The Morgan fingerprint density at radius 2 is 0.957 bits per heavy atom. The molecule has 0 saturated heterocycles. The van der Waals surface area contributed by atoms with Crippen LogP contribution >= 0.6 is 0 Å². The van der Waals surface area contributed by atoms with Crippen molar-refractivity contribution in [1.29, 1.82) is 0 Å². The molecule has 4 nitrogen and oxygen atoms in total. The summed E-state index contributed by atoms with van der Waals surface area (Å²) in [7, 11) is 0. The third-order valence-corrected chi connectivity index (χ3v) is 9.27. The minimum atomic E-state index is 0.817. The molecule has 0 saturated carbocycles. The lowest BCUT2D eigenvalue weighted by atomic mass is 10.0. The summed E-state index contributed by atoms with van der Waals surface area (Å²) in [5.74, 6) is 0.817. The molecule has 0 atom stereocenters. The number of para-hydroxylation sites is 5. The average molecular weight is 587 g/mol. The number of nitrogens with zero attached hydrogens (tertiary/aromatic N) is 4. The van der Waals surface area contributed by atoms with Crippen molar-refractivity contribution in [2.75, 3.05) is 0 Å². The summed E-state index contributed by atoms with van der Waals surface area (Å²) in [6.07, 6.45) is 0. The van der Waals surface area contributed by atoms with Gasteiger partial charge in [-0.3, -0.25) is 4.57 Å². The van der Waals surface area contributed by atoms with Crippen molar-refractivity contribution < 1.29 is 0 Å². The van der Waals surface area contributed by atoms with Crippen molar-refractivity contribution in [2.45, 2.75) is 0 Å². The summed E-state index contributed by atoms with van der Waals surface area (Å²) in [5.41, 5.74) is 9.29. The Kier molecular flexibility index (Phi) is 5.25. The van der Waals surface area contributed by atoms with E-state index in [1.807, 2.05) is 18.2 Å². The molecule has 0 fully saturated rings. The van der Waals surface area contributed by atoms with E-state index in [4.69, 9.17) is 9.97 Å². The summed E-state index contributed by atoms with van der Waals surface area (Å²) in [4.78, 5) is 10.8. The second-order valence-electron chi connectivity index (χ2n) is 11.8. The molecule has 0 amide bonds. The van der Waals surface area contributed by atoms with E-state index in [2.05, 4.69) is 149 Å². The Bertz CT molecular complexity index is 2810. The summed E-state index contributed by atoms with van der Waals surface area (Å²) >= 11 is 0. The van der Waals surface area contributed by atoms with Crippen molar-refractivity contribution in [3.05, 3.63) is 158 Å². The normalized spacial score (nSPS) is 11.9. The van der Waals surface area contributed by atoms with Gasteiger partial charge in [0.05, 0.1) is 33.1 Å². The number of fused-ring (bicyclic) bond motifs is 9. The third-order valence-electron chi connectivity index (χ3n) is 9.27. The number of aromatic nitrogens is 4. The maximum atomic E-state index is 5.43. The first-order valence-corrected chi connectivity index (χ1v) is 15.6. The molecule has 0 N–H and O–H groups in total. The SMILES string of the molecule is c1ccc(-n2c3ccccc3c3ccc4c5ccccc5n(-c5nc6ccccc6nc5-c5ccc6ccccc6c5)c4c32)cc1. The van der Waals surface area contributed by atoms with Gasteiger partial charge in [-0.25, -0.2) is 9.97 Å².